The topological polar surface area (TPSA) is 61.4 Å². The molecule has 1 amide bonds. The SMILES string of the molecule is CCCC(O)CNC(=O)[C@@H]1CCCN1. The minimum absolute atomic E-state index is 0.0256. The van der Waals surface area contributed by atoms with E-state index in [9.17, 15) is 9.90 Å². The van der Waals surface area contributed by atoms with Crippen LogP contribution in [0.4, 0.5) is 0 Å². The van der Waals surface area contributed by atoms with Crippen molar-refractivity contribution < 1.29 is 9.90 Å². The highest BCUT2D eigenvalue weighted by Crippen LogP contribution is 2.04. The maximum absolute atomic E-state index is 11.5. The van der Waals surface area contributed by atoms with E-state index in [0.29, 0.717) is 6.54 Å². The van der Waals surface area contributed by atoms with Gasteiger partial charge in [-0.15, -0.1) is 0 Å². The third kappa shape index (κ3) is 3.64. The summed E-state index contributed by atoms with van der Waals surface area (Å²) in [5.41, 5.74) is 0. The number of rotatable bonds is 5. The first-order chi connectivity index (χ1) is 6.74. The smallest absolute Gasteiger partial charge is 0.237 e. The number of aliphatic hydroxyl groups excluding tert-OH is 1. The van der Waals surface area contributed by atoms with Gasteiger partial charge in [0.15, 0.2) is 0 Å². The number of aliphatic hydroxyl groups is 1. The van der Waals surface area contributed by atoms with Gasteiger partial charge in [0.1, 0.15) is 0 Å². The minimum Gasteiger partial charge on any atom is -0.391 e. The Morgan fingerprint density at radius 3 is 3.07 bits per heavy atom. The van der Waals surface area contributed by atoms with Crippen molar-refractivity contribution in [1.29, 1.82) is 0 Å². The molecule has 0 saturated carbocycles. The van der Waals surface area contributed by atoms with Gasteiger partial charge in [-0.1, -0.05) is 13.3 Å². The summed E-state index contributed by atoms with van der Waals surface area (Å²) < 4.78 is 0. The fourth-order valence-corrected chi connectivity index (χ4v) is 1.69. The van der Waals surface area contributed by atoms with Crippen LogP contribution < -0.4 is 10.6 Å². The van der Waals surface area contributed by atoms with E-state index in [1.807, 2.05) is 6.92 Å². The van der Waals surface area contributed by atoms with Crippen molar-refractivity contribution in [3.63, 3.8) is 0 Å². The van der Waals surface area contributed by atoms with Crippen molar-refractivity contribution in [3.8, 4) is 0 Å². The van der Waals surface area contributed by atoms with E-state index in [1.54, 1.807) is 0 Å². The normalized spacial score (nSPS) is 23.4. The molecule has 0 aliphatic carbocycles. The molecule has 2 atom stereocenters. The number of amides is 1. The van der Waals surface area contributed by atoms with Gasteiger partial charge in [0.2, 0.25) is 5.91 Å². The molecule has 1 rings (SSSR count). The lowest BCUT2D eigenvalue weighted by molar-refractivity contribution is -0.123. The summed E-state index contributed by atoms with van der Waals surface area (Å²) in [6.07, 6.45) is 3.27. The number of carbonyl (C=O) groups is 1. The molecule has 3 N–H and O–H groups in total. The highest BCUT2D eigenvalue weighted by atomic mass is 16.3. The van der Waals surface area contributed by atoms with E-state index in [1.165, 1.54) is 0 Å². The van der Waals surface area contributed by atoms with Crippen LogP contribution in [0.15, 0.2) is 0 Å². The average molecular weight is 200 g/mol. The van der Waals surface area contributed by atoms with Crippen molar-refractivity contribution in [1.82, 2.24) is 10.6 Å². The molecule has 0 aromatic rings. The molecule has 0 aromatic carbocycles. The van der Waals surface area contributed by atoms with Gasteiger partial charge in [0.25, 0.3) is 0 Å². The molecule has 0 bridgehead atoms. The Morgan fingerprint density at radius 1 is 1.71 bits per heavy atom. The number of carbonyl (C=O) groups excluding carboxylic acids is 1. The van der Waals surface area contributed by atoms with Crippen LogP contribution in [0.2, 0.25) is 0 Å². The zero-order valence-electron chi connectivity index (χ0n) is 8.75. The Balaban J connectivity index is 2.13. The highest BCUT2D eigenvalue weighted by molar-refractivity contribution is 5.81. The Hall–Kier alpha value is -0.610. The molecule has 1 unspecified atom stereocenters. The molecule has 1 aliphatic heterocycles. The molecule has 1 saturated heterocycles. The van der Waals surface area contributed by atoms with E-state index in [0.717, 1.165) is 32.2 Å². The summed E-state index contributed by atoms with van der Waals surface area (Å²) in [6, 6.07) is -0.0381. The van der Waals surface area contributed by atoms with Crippen molar-refractivity contribution in [2.45, 2.75) is 44.8 Å². The summed E-state index contributed by atoms with van der Waals surface area (Å²) in [5.74, 6) is 0.0256. The molecule has 14 heavy (non-hydrogen) atoms. The molecule has 4 nitrogen and oxygen atoms in total. The van der Waals surface area contributed by atoms with Crippen molar-refractivity contribution in [2.24, 2.45) is 0 Å². The van der Waals surface area contributed by atoms with Gasteiger partial charge < -0.3 is 15.7 Å². The Labute approximate surface area is 85.1 Å². The van der Waals surface area contributed by atoms with Gasteiger partial charge in [-0.05, 0) is 25.8 Å². The van der Waals surface area contributed by atoms with Gasteiger partial charge in [-0.2, -0.15) is 0 Å². The van der Waals surface area contributed by atoms with Gasteiger partial charge in [-0.25, -0.2) is 0 Å². The van der Waals surface area contributed by atoms with E-state index in [2.05, 4.69) is 10.6 Å². The first kappa shape index (κ1) is 11.5. The number of hydrogen-bond donors (Lipinski definition) is 3. The lowest BCUT2D eigenvalue weighted by atomic mass is 10.2. The largest absolute Gasteiger partial charge is 0.391 e. The summed E-state index contributed by atoms with van der Waals surface area (Å²) in [6.45, 7) is 3.32. The first-order valence-electron chi connectivity index (χ1n) is 5.43. The molecule has 0 spiro atoms. The number of nitrogens with one attached hydrogen (secondary N) is 2. The zero-order chi connectivity index (χ0) is 10.4. The van der Waals surface area contributed by atoms with Crippen LogP contribution in [0.5, 0.6) is 0 Å². The minimum atomic E-state index is -0.398. The molecule has 1 heterocycles. The van der Waals surface area contributed by atoms with Crippen LogP contribution in [0.25, 0.3) is 0 Å². The van der Waals surface area contributed by atoms with Gasteiger partial charge in [-0.3, -0.25) is 4.79 Å². The molecular formula is C10H20N2O2. The lowest BCUT2D eigenvalue weighted by Crippen LogP contribution is -2.43. The van der Waals surface area contributed by atoms with Crippen LogP contribution in [-0.2, 0) is 4.79 Å². The molecule has 1 aliphatic rings. The van der Waals surface area contributed by atoms with Gasteiger partial charge >= 0.3 is 0 Å². The highest BCUT2D eigenvalue weighted by Gasteiger charge is 2.21. The van der Waals surface area contributed by atoms with E-state index >= 15 is 0 Å². The second-order valence-electron chi connectivity index (χ2n) is 3.84. The molecule has 4 heteroatoms. The summed E-state index contributed by atoms with van der Waals surface area (Å²) >= 11 is 0. The lowest BCUT2D eigenvalue weighted by Gasteiger charge is -2.14. The van der Waals surface area contributed by atoms with Gasteiger partial charge in [0.05, 0.1) is 12.1 Å². The maximum atomic E-state index is 11.5. The van der Waals surface area contributed by atoms with Crippen molar-refractivity contribution in [3.05, 3.63) is 0 Å². The summed E-state index contributed by atoms with van der Waals surface area (Å²) in [5, 5.41) is 15.3. The Morgan fingerprint density at radius 2 is 2.50 bits per heavy atom. The van der Waals surface area contributed by atoms with Crippen molar-refractivity contribution >= 4 is 5.91 Å². The third-order valence-electron chi connectivity index (χ3n) is 2.51. The predicted octanol–water partition coefficient (Wildman–Crippen LogP) is 0.0156. The van der Waals surface area contributed by atoms with Crippen LogP contribution in [-0.4, -0.2) is 36.2 Å². The molecule has 82 valence electrons. The zero-order valence-corrected chi connectivity index (χ0v) is 8.75. The monoisotopic (exact) mass is 200 g/mol. The second-order valence-corrected chi connectivity index (χ2v) is 3.84. The maximum Gasteiger partial charge on any atom is 0.237 e. The van der Waals surface area contributed by atoms with Gasteiger partial charge in [0, 0.05) is 6.54 Å². The van der Waals surface area contributed by atoms with E-state index in [-0.39, 0.29) is 11.9 Å². The standard InChI is InChI=1S/C10H20N2O2/c1-2-4-8(13)7-12-10(14)9-5-3-6-11-9/h8-9,11,13H,2-7H2,1H3,(H,12,14)/t8?,9-/m0/s1. The fraction of sp³-hybridized carbons (Fsp3) is 0.900. The molecule has 1 fully saturated rings. The third-order valence-corrected chi connectivity index (χ3v) is 2.51. The van der Waals surface area contributed by atoms with Crippen LogP contribution in [0.3, 0.4) is 0 Å². The Kier molecular flexibility index (Phi) is 4.90. The first-order valence-corrected chi connectivity index (χ1v) is 5.43. The summed E-state index contributed by atoms with van der Waals surface area (Å²) in [7, 11) is 0. The van der Waals surface area contributed by atoms with E-state index in [4.69, 9.17) is 0 Å². The number of hydrogen-bond acceptors (Lipinski definition) is 3. The average Bonchev–Trinajstić information content (AvgIpc) is 2.67. The van der Waals surface area contributed by atoms with Crippen LogP contribution in [0, 0.1) is 0 Å². The van der Waals surface area contributed by atoms with Crippen LogP contribution in [0.1, 0.15) is 32.6 Å². The Bertz CT molecular complexity index is 179. The quantitative estimate of drug-likeness (QED) is 0.586. The summed E-state index contributed by atoms with van der Waals surface area (Å²) in [4.78, 5) is 11.5. The van der Waals surface area contributed by atoms with E-state index < -0.39 is 6.10 Å². The molecular weight excluding hydrogens is 180 g/mol. The fourth-order valence-electron chi connectivity index (χ4n) is 1.69. The predicted molar refractivity (Wildman–Crippen MR) is 54.9 cm³/mol. The molecule has 0 aromatic heterocycles. The van der Waals surface area contributed by atoms with Crippen LogP contribution >= 0.6 is 0 Å². The second kappa shape index (κ2) is 5.98. The van der Waals surface area contributed by atoms with Crippen molar-refractivity contribution in [2.75, 3.05) is 13.1 Å². The molecule has 0 radical (unpaired) electrons.